The monoisotopic (exact) mass is 332 g/mol. The van der Waals surface area contributed by atoms with Crippen molar-refractivity contribution in [3.63, 3.8) is 0 Å². The van der Waals surface area contributed by atoms with E-state index in [1.165, 1.54) is 0 Å². The molecule has 4 rings (SSSR count). The van der Waals surface area contributed by atoms with Gasteiger partial charge in [-0.3, -0.25) is 9.36 Å². The highest BCUT2D eigenvalue weighted by molar-refractivity contribution is 5.90. The minimum atomic E-state index is 0.0401. The van der Waals surface area contributed by atoms with Gasteiger partial charge in [-0.2, -0.15) is 0 Å². The summed E-state index contributed by atoms with van der Waals surface area (Å²) in [6.45, 7) is 1.63. The maximum atomic E-state index is 12.6. The number of methoxy groups -OCH3 is 1. The summed E-state index contributed by atoms with van der Waals surface area (Å²) in [6, 6.07) is 19.8. The predicted octanol–water partition coefficient (Wildman–Crippen LogP) is 4.01. The van der Waals surface area contributed by atoms with Gasteiger partial charge in [0, 0.05) is 24.7 Å². The molecule has 0 atom stereocenters. The summed E-state index contributed by atoms with van der Waals surface area (Å²) in [5.41, 5.74) is 4.17. The van der Waals surface area contributed by atoms with E-state index in [4.69, 9.17) is 4.74 Å². The molecule has 0 saturated heterocycles. The number of hydrogen-bond donors (Lipinski definition) is 1. The molecule has 4 heteroatoms. The molecule has 1 aromatic heterocycles. The zero-order chi connectivity index (χ0) is 17.2. The number of benzene rings is 2. The molecule has 1 N–H and O–H groups in total. The lowest BCUT2D eigenvalue weighted by Gasteiger charge is -2.25. The van der Waals surface area contributed by atoms with Gasteiger partial charge in [-0.05, 0) is 35.2 Å². The molecule has 0 amide bonds. The lowest BCUT2D eigenvalue weighted by molar-refractivity contribution is 0.415. The number of hydrogen-bond acceptors (Lipinski definition) is 3. The average molecular weight is 332 g/mol. The van der Waals surface area contributed by atoms with Crippen LogP contribution in [0.3, 0.4) is 0 Å². The van der Waals surface area contributed by atoms with Gasteiger partial charge in [-0.25, -0.2) is 0 Å². The molecule has 0 fully saturated rings. The van der Waals surface area contributed by atoms with E-state index >= 15 is 0 Å². The molecule has 0 unspecified atom stereocenters. The van der Waals surface area contributed by atoms with Crippen LogP contribution in [0.1, 0.15) is 6.42 Å². The van der Waals surface area contributed by atoms with Crippen molar-refractivity contribution in [1.29, 1.82) is 0 Å². The fourth-order valence-corrected chi connectivity index (χ4v) is 3.39. The van der Waals surface area contributed by atoms with Crippen LogP contribution in [0.4, 0.5) is 5.82 Å². The Balaban J connectivity index is 2.00. The maximum Gasteiger partial charge on any atom is 0.252 e. The Labute approximate surface area is 146 Å². The van der Waals surface area contributed by atoms with Crippen molar-refractivity contribution >= 4 is 5.82 Å². The molecule has 25 heavy (non-hydrogen) atoms. The van der Waals surface area contributed by atoms with Gasteiger partial charge in [0.2, 0.25) is 0 Å². The summed E-state index contributed by atoms with van der Waals surface area (Å²) in [5.74, 6) is 1.72. The standard InChI is InChI=1S/C21H20N2O2/c1-25-17-10-8-16(9-11-17)20-18(15-6-3-2-4-7-15)14-19(24)23-13-5-12-22-21(20)23/h2-4,6-11,14,22H,5,12-13H2,1H3. The second-order valence-electron chi connectivity index (χ2n) is 6.15. The number of pyridine rings is 1. The molecule has 126 valence electrons. The summed E-state index contributed by atoms with van der Waals surface area (Å²) in [6.07, 6.45) is 0.958. The Bertz CT molecular complexity index is 944. The van der Waals surface area contributed by atoms with E-state index in [1.54, 1.807) is 13.2 Å². The zero-order valence-electron chi connectivity index (χ0n) is 14.2. The molecule has 0 saturated carbocycles. The van der Waals surface area contributed by atoms with Gasteiger partial charge >= 0.3 is 0 Å². The third-order valence-electron chi connectivity index (χ3n) is 4.62. The van der Waals surface area contributed by atoms with Gasteiger partial charge < -0.3 is 10.1 Å². The summed E-state index contributed by atoms with van der Waals surface area (Å²) >= 11 is 0. The molecule has 4 nitrogen and oxygen atoms in total. The van der Waals surface area contributed by atoms with Gasteiger partial charge in [0.1, 0.15) is 11.6 Å². The van der Waals surface area contributed by atoms with Gasteiger partial charge in [0.15, 0.2) is 0 Å². The van der Waals surface area contributed by atoms with Crippen LogP contribution in [0.5, 0.6) is 5.75 Å². The van der Waals surface area contributed by atoms with Gasteiger partial charge in [0.25, 0.3) is 5.56 Å². The van der Waals surface area contributed by atoms with E-state index in [2.05, 4.69) is 5.32 Å². The van der Waals surface area contributed by atoms with Crippen molar-refractivity contribution in [2.75, 3.05) is 19.0 Å². The van der Waals surface area contributed by atoms with Gasteiger partial charge in [-0.15, -0.1) is 0 Å². The second kappa shape index (κ2) is 6.48. The first-order valence-electron chi connectivity index (χ1n) is 8.49. The highest BCUT2D eigenvalue weighted by atomic mass is 16.5. The highest BCUT2D eigenvalue weighted by Crippen LogP contribution is 2.38. The molecule has 0 spiro atoms. The lowest BCUT2D eigenvalue weighted by Crippen LogP contribution is -2.29. The van der Waals surface area contributed by atoms with Crippen LogP contribution in [0.25, 0.3) is 22.3 Å². The van der Waals surface area contributed by atoms with Crippen molar-refractivity contribution in [2.24, 2.45) is 0 Å². The Hall–Kier alpha value is -3.01. The van der Waals surface area contributed by atoms with Crippen molar-refractivity contribution in [3.8, 4) is 28.0 Å². The molecule has 0 bridgehead atoms. The number of ether oxygens (including phenoxy) is 1. The minimum absolute atomic E-state index is 0.0401. The number of anilines is 1. The number of fused-ring (bicyclic) bond motifs is 1. The van der Waals surface area contributed by atoms with E-state index in [0.717, 1.165) is 53.3 Å². The van der Waals surface area contributed by atoms with Crippen LogP contribution in [0, 0.1) is 0 Å². The Morgan fingerprint density at radius 3 is 2.48 bits per heavy atom. The predicted molar refractivity (Wildman–Crippen MR) is 101 cm³/mol. The van der Waals surface area contributed by atoms with Crippen LogP contribution < -0.4 is 15.6 Å². The fourth-order valence-electron chi connectivity index (χ4n) is 3.39. The van der Waals surface area contributed by atoms with E-state index in [9.17, 15) is 4.79 Å². The molecular weight excluding hydrogens is 312 g/mol. The van der Waals surface area contributed by atoms with Crippen LogP contribution in [-0.4, -0.2) is 18.2 Å². The maximum absolute atomic E-state index is 12.6. The SMILES string of the molecule is COc1ccc(-c2c(-c3ccccc3)cc(=O)n3c2NCCC3)cc1. The van der Waals surface area contributed by atoms with Crippen LogP contribution in [0.2, 0.25) is 0 Å². The quantitative estimate of drug-likeness (QED) is 0.788. The first kappa shape index (κ1) is 15.5. The summed E-state index contributed by atoms with van der Waals surface area (Å²) in [4.78, 5) is 12.6. The Kier molecular flexibility index (Phi) is 4.02. The van der Waals surface area contributed by atoms with Crippen molar-refractivity contribution < 1.29 is 4.74 Å². The number of nitrogens with zero attached hydrogens (tertiary/aromatic N) is 1. The van der Waals surface area contributed by atoms with Crippen molar-refractivity contribution in [2.45, 2.75) is 13.0 Å². The summed E-state index contributed by atoms with van der Waals surface area (Å²) in [5, 5.41) is 3.44. The molecular formula is C21H20N2O2. The van der Waals surface area contributed by atoms with Crippen LogP contribution >= 0.6 is 0 Å². The number of rotatable bonds is 3. The first-order valence-corrected chi connectivity index (χ1v) is 8.49. The first-order chi connectivity index (χ1) is 12.3. The van der Waals surface area contributed by atoms with Gasteiger partial charge in [0.05, 0.1) is 7.11 Å². The van der Waals surface area contributed by atoms with Crippen molar-refractivity contribution in [3.05, 3.63) is 71.0 Å². The second-order valence-corrected chi connectivity index (χ2v) is 6.15. The molecule has 0 radical (unpaired) electrons. The number of aromatic nitrogens is 1. The van der Waals surface area contributed by atoms with E-state index < -0.39 is 0 Å². The highest BCUT2D eigenvalue weighted by Gasteiger charge is 2.20. The molecule has 2 aromatic carbocycles. The van der Waals surface area contributed by atoms with Crippen LogP contribution in [-0.2, 0) is 6.54 Å². The zero-order valence-corrected chi connectivity index (χ0v) is 14.2. The lowest BCUT2D eigenvalue weighted by atomic mass is 9.94. The summed E-state index contributed by atoms with van der Waals surface area (Å²) in [7, 11) is 1.66. The van der Waals surface area contributed by atoms with E-state index in [1.807, 2.05) is 59.2 Å². The van der Waals surface area contributed by atoms with Gasteiger partial charge in [-0.1, -0.05) is 42.5 Å². The molecule has 2 heterocycles. The summed E-state index contributed by atoms with van der Waals surface area (Å²) < 4.78 is 7.12. The molecule has 0 aliphatic carbocycles. The topological polar surface area (TPSA) is 43.3 Å². The molecule has 1 aliphatic rings. The molecule has 1 aliphatic heterocycles. The Morgan fingerprint density at radius 2 is 1.76 bits per heavy atom. The minimum Gasteiger partial charge on any atom is -0.497 e. The number of nitrogens with one attached hydrogen (secondary N) is 1. The Morgan fingerprint density at radius 1 is 1.00 bits per heavy atom. The largest absolute Gasteiger partial charge is 0.497 e. The molecule has 3 aromatic rings. The smallest absolute Gasteiger partial charge is 0.252 e. The van der Waals surface area contributed by atoms with E-state index in [0.29, 0.717) is 0 Å². The third kappa shape index (κ3) is 2.80. The average Bonchev–Trinajstić information content (AvgIpc) is 2.69. The van der Waals surface area contributed by atoms with Crippen LogP contribution in [0.15, 0.2) is 65.5 Å². The third-order valence-corrected chi connectivity index (χ3v) is 4.62. The normalized spacial score (nSPS) is 13.0. The van der Waals surface area contributed by atoms with E-state index in [-0.39, 0.29) is 5.56 Å². The fraction of sp³-hybridized carbons (Fsp3) is 0.190. The van der Waals surface area contributed by atoms with Crippen molar-refractivity contribution in [1.82, 2.24) is 4.57 Å².